The highest BCUT2D eigenvalue weighted by atomic mass is 32.2. The number of likely N-dealkylation sites (tertiary alicyclic amines) is 1. The van der Waals surface area contributed by atoms with Crippen molar-refractivity contribution >= 4 is 21.5 Å². The second-order valence-corrected chi connectivity index (χ2v) is 11.1. The van der Waals surface area contributed by atoms with Crippen LogP contribution in [-0.4, -0.2) is 79.6 Å². The molecule has 0 spiro atoms. The van der Waals surface area contributed by atoms with Gasteiger partial charge in [-0.25, -0.2) is 22.9 Å². The number of fused-ring (bicyclic) bond motifs is 3. The molecule has 3 aromatic rings. The fraction of sp³-hybridized carbons (Fsp3) is 0.476. The molecule has 14 heteroatoms. The van der Waals surface area contributed by atoms with Crippen molar-refractivity contribution in [3.05, 3.63) is 35.8 Å². The molecule has 4 heterocycles. The molecule has 2 aliphatic rings. The number of aliphatic hydroxyl groups excluding tert-OH is 1. The van der Waals surface area contributed by atoms with Crippen LogP contribution in [0.25, 0.3) is 16.9 Å². The summed E-state index contributed by atoms with van der Waals surface area (Å²) in [6, 6.07) is 3.70. The van der Waals surface area contributed by atoms with Gasteiger partial charge in [-0.3, -0.25) is 4.90 Å². The quantitative estimate of drug-likeness (QED) is 0.540. The van der Waals surface area contributed by atoms with Gasteiger partial charge in [0.25, 0.3) is 5.82 Å². The van der Waals surface area contributed by atoms with Crippen molar-refractivity contribution in [1.29, 1.82) is 0 Å². The molecular weight excluding hydrogens is 487 g/mol. The molecule has 1 aromatic carbocycles. The monoisotopic (exact) mass is 511 g/mol. The van der Waals surface area contributed by atoms with Crippen molar-refractivity contribution in [2.24, 2.45) is 0 Å². The van der Waals surface area contributed by atoms with Crippen LogP contribution in [-0.2, 0) is 16.2 Å². The molecule has 3 unspecified atom stereocenters. The van der Waals surface area contributed by atoms with Crippen molar-refractivity contribution in [2.75, 3.05) is 18.8 Å². The summed E-state index contributed by atoms with van der Waals surface area (Å²) in [6.07, 6.45) is -4.35. The highest BCUT2D eigenvalue weighted by molar-refractivity contribution is 7.89. The number of alkyl halides is 3. The van der Waals surface area contributed by atoms with Crippen molar-refractivity contribution in [1.82, 2.24) is 28.8 Å². The largest absolute Gasteiger partial charge is 0.453 e. The number of rotatable bonds is 4. The Hall–Kier alpha value is -2.81. The number of benzene rings is 1. The van der Waals surface area contributed by atoms with Crippen LogP contribution in [0.2, 0.25) is 0 Å². The number of anilines is 1. The van der Waals surface area contributed by atoms with Gasteiger partial charge in [0.2, 0.25) is 10.0 Å². The molecule has 2 fully saturated rings. The normalized spacial score (nSPS) is 23.7. The maximum Gasteiger partial charge on any atom is 0.453 e. The van der Waals surface area contributed by atoms with Gasteiger partial charge in [-0.1, -0.05) is 6.07 Å². The van der Waals surface area contributed by atoms with Gasteiger partial charge in [0, 0.05) is 24.7 Å². The first-order chi connectivity index (χ1) is 16.3. The molecular formula is C21H24F3N7O3S. The number of hydrogen-bond donors (Lipinski definition) is 2. The molecule has 188 valence electrons. The summed E-state index contributed by atoms with van der Waals surface area (Å²) in [5, 5.41) is 14.2. The first-order valence-electron chi connectivity index (χ1n) is 11.0. The summed E-state index contributed by atoms with van der Waals surface area (Å²) in [5.41, 5.74) is 6.68. The van der Waals surface area contributed by atoms with Crippen LogP contribution >= 0.6 is 0 Å². The van der Waals surface area contributed by atoms with Crippen molar-refractivity contribution in [3.63, 3.8) is 0 Å². The number of piperazine rings is 1. The van der Waals surface area contributed by atoms with Crippen molar-refractivity contribution < 1.29 is 26.7 Å². The summed E-state index contributed by atoms with van der Waals surface area (Å²) >= 11 is 0. The Morgan fingerprint density at radius 3 is 2.51 bits per heavy atom. The predicted molar refractivity (Wildman–Crippen MR) is 120 cm³/mol. The highest BCUT2D eigenvalue weighted by Gasteiger charge is 2.55. The topological polar surface area (TPSA) is 130 Å². The standard InChI is InChI=1S/C21H24F3N7O3S/c1-10(2)29-8-16-17(32)15(29)9-30(16)35(33,34)12-5-4-11(3)13(6-12)14-7-26-19-18(25)27-20(21(22,23)24)28-31(14)19/h4-7,10,15-17,32H,8-9H2,1-3H3,(H2,25,27,28). The van der Waals surface area contributed by atoms with E-state index in [1.54, 1.807) is 13.0 Å². The number of aryl methyl sites for hydroxylation is 1. The van der Waals surface area contributed by atoms with Crippen LogP contribution < -0.4 is 5.73 Å². The van der Waals surface area contributed by atoms with Gasteiger partial charge in [-0.05, 0) is 38.5 Å². The number of nitrogen functional groups attached to an aromatic ring is 1. The summed E-state index contributed by atoms with van der Waals surface area (Å²) in [4.78, 5) is 9.37. The molecule has 2 bridgehead atoms. The lowest BCUT2D eigenvalue weighted by molar-refractivity contribution is -0.145. The minimum atomic E-state index is -4.83. The number of halogens is 3. The molecule has 0 amide bonds. The lowest BCUT2D eigenvalue weighted by Crippen LogP contribution is -2.50. The first kappa shape index (κ1) is 23.9. The van der Waals surface area contributed by atoms with Gasteiger partial charge in [0.05, 0.1) is 35.0 Å². The number of nitrogens with two attached hydrogens (primary N) is 1. The third-order valence-electron chi connectivity index (χ3n) is 6.75. The van der Waals surface area contributed by atoms with E-state index in [4.69, 9.17) is 5.73 Å². The molecule has 2 aliphatic heterocycles. The summed E-state index contributed by atoms with van der Waals surface area (Å²) in [7, 11) is -4.00. The van der Waals surface area contributed by atoms with E-state index in [0.29, 0.717) is 17.7 Å². The van der Waals surface area contributed by atoms with Crippen molar-refractivity contribution in [3.8, 4) is 11.3 Å². The lowest BCUT2D eigenvalue weighted by atomic mass is 10.1. The lowest BCUT2D eigenvalue weighted by Gasteiger charge is -2.35. The summed E-state index contributed by atoms with van der Waals surface area (Å²) < 4.78 is 69.2. The average Bonchev–Trinajstić information content (AvgIpc) is 3.44. The van der Waals surface area contributed by atoms with Crippen LogP contribution in [0.15, 0.2) is 29.3 Å². The van der Waals surface area contributed by atoms with E-state index in [1.165, 1.54) is 22.6 Å². The van der Waals surface area contributed by atoms with E-state index >= 15 is 0 Å². The predicted octanol–water partition coefficient (Wildman–Crippen LogP) is 1.53. The maximum absolute atomic E-state index is 13.6. The molecule has 0 aliphatic carbocycles. The van der Waals surface area contributed by atoms with E-state index < -0.39 is 40.0 Å². The van der Waals surface area contributed by atoms with E-state index in [2.05, 4.69) is 20.0 Å². The molecule has 2 saturated heterocycles. The molecule has 10 nitrogen and oxygen atoms in total. The number of hydrogen-bond acceptors (Lipinski definition) is 8. The van der Waals surface area contributed by atoms with E-state index in [1.807, 2.05) is 13.8 Å². The highest BCUT2D eigenvalue weighted by Crippen LogP contribution is 2.38. The number of nitrogens with zero attached hydrogens (tertiary/aromatic N) is 6. The van der Waals surface area contributed by atoms with Crippen LogP contribution in [0.3, 0.4) is 0 Å². The zero-order valence-corrected chi connectivity index (χ0v) is 19.9. The van der Waals surface area contributed by atoms with Crippen LogP contribution in [0, 0.1) is 6.92 Å². The number of imidazole rings is 1. The van der Waals surface area contributed by atoms with Gasteiger partial charge >= 0.3 is 6.18 Å². The van der Waals surface area contributed by atoms with E-state index in [0.717, 1.165) is 4.52 Å². The van der Waals surface area contributed by atoms with Crippen LogP contribution in [0.5, 0.6) is 0 Å². The van der Waals surface area contributed by atoms with Gasteiger partial charge < -0.3 is 10.8 Å². The zero-order valence-electron chi connectivity index (χ0n) is 19.1. The molecule has 2 aromatic heterocycles. The van der Waals surface area contributed by atoms with Gasteiger partial charge in [-0.15, -0.1) is 5.10 Å². The third-order valence-corrected chi connectivity index (χ3v) is 8.63. The Labute approximate surface area is 199 Å². The first-order valence-corrected chi connectivity index (χ1v) is 12.4. The summed E-state index contributed by atoms with van der Waals surface area (Å²) in [5.74, 6) is -1.88. The SMILES string of the molecule is Cc1ccc(S(=O)(=O)N2CC3C(O)C2CN3C(C)C)cc1-c1cnc2c(N)nc(C(F)(F)F)nn12. The molecule has 35 heavy (non-hydrogen) atoms. The maximum atomic E-state index is 13.6. The van der Waals surface area contributed by atoms with Crippen molar-refractivity contribution in [2.45, 2.75) is 56.1 Å². The van der Waals surface area contributed by atoms with E-state index in [9.17, 15) is 26.7 Å². The second kappa shape index (κ2) is 7.85. The Bertz CT molecular complexity index is 1420. The summed E-state index contributed by atoms with van der Waals surface area (Å²) in [6.45, 7) is 6.27. The second-order valence-electron chi connectivity index (χ2n) is 9.16. The fourth-order valence-electron chi connectivity index (χ4n) is 4.96. The van der Waals surface area contributed by atoms with Crippen LogP contribution in [0.4, 0.5) is 19.0 Å². The molecule has 0 saturated carbocycles. The third kappa shape index (κ3) is 3.66. The molecule has 3 atom stereocenters. The average molecular weight is 512 g/mol. The molecule has 5 rings (SSSR count). The van der Waals surface area contributed by atoms with Gasteiger partial charge in [0.15, 0.2) is 11.5 Å². The van der Waals surface area contributed by atoms with Gasteiger partial charge in [0.1, 0.15) is 0 Å². The minimum Gasteiger partial charge on any atom is -0.390 e. The van der Waals surface area contributed by atoms with Crippen LogP contribution in [0.1, 0.15) is 25.2 Å². The number of aliphatic hydroxyl groups is 1. The Balaban J connectivity index is 1.57. The van der Waals surface area contributed by atoms with E-state index in [-0.39, 0.29) is 34.9 Å². The molecule has 3 N–H and O–H groups in total. The number of aromatic nitrogens is 4. The van der Waals surface area contributed by atoms with Gasteiger partial charge in [-0.2, -0.15) is 17.5 Å². The minimum absolute atomic E-state index is 0.0398. The smallest absolute Gasteiger partial charge is 0.390 e. The molecule has 0 radical (unpaired) electrons. The number of sulfonamides is 1. The Morgan fingerprint density at radius 1 is 1.20 bits per heavy atom. The Kier molecular flexibility index (Phi) is 5.36. The fourth-order valence-corrected chi connectivity index (χ4v) is 6.63. The Morgan fingerprint density at radius 2 is 1.91 bits per heavy atom. The zero-order chi connectivity index (χ0) is 25.4.